The van der Waals surface area contributed by atoms with Crippen molar-refractivity contribution in [3.63, 3.8) is 0 Å². The number of hydrogen-bond acceptors (Lipinski definition) is 44. The van der Waals surface area contributed by atoms with Gasteiger partial charge in [-0.3, -0.25) is 19.2 Å². The topological polar surface area (TPSA) is 767 Å². The molecule has 4 amide bonds. The van der Waals surface area contributed by atoms with Gasteiger partial charge >= 0.3 is 5.97 Å². The van der Waals surface area contributed by atoms with E-state index in [0.29, 0.717) is 12.8 Å². The van der Waals surface area contributed by atoms with E-state index in [0.717, 1.165) is 97.8 Å². The molecule has 8 rings (SSSR count). The van der Waals surface area contributed by atoms with Crippen LogP contribution in [0.5, 0.6) is 0 Å². The average Bonchev–Trinajstić information content (AvgIpc) is 0.750. The molecule has 8 aliphatic rings. The molecule has 148 heavy (non-hydrogen) atoms. The number of hydrogen-bond donors (Lipinski definition) is 28. The summed E-state index contributed by atoms with van der Waals surface area (Å²) < 4.78 is 96.7. The van der Waals surface area contributed by atoms with Crippen LogP contribution >= 0.6 is 0 Å². The van der Waals surface area contributed by atoms with Gasteiger partial charge < -0.3 is 220 Å². The average molecular weight is 2140 g/mol. The summed E-state index contributed by atoms with van der Waals surface area (Å²) in [5.74, 6) is -8.64. The largest absolute Gasteiger partial charge is 0.477 e. The number of amides is 4. The fourth-order valence-electron chi connectivity index (χ4n) is 19.9. The summed E-state index contributed by atoms with van der Waals surface area (Å²) >= 11 is 0. The van der Waals surface area contributed by atoms with Gasteiger partial charge in [0, 0.05) is 33.6 Å². The highest BCUT2D eigenvalue weighted by atomic mass is 16.8. The first-order chi connectivity index (χ1) is 70.8. The molecule has 16 unspecified atom stereocenters. The molecule has 0 saturated carbocycles. The number of allylic oxidation sites excluding steroid dienone is 3. The van der Waals surface area contributed by atoms with Gasteiger partial charge in [-0.05, 0) is 51.9 Å². The van der Waals surface area contributed by atoms with Crippen LogP contribution < -0.4 is 21.3 Å². The van der Waals surface area contributed by atoms with Crippen LogP contribution in [0.15, 0.2) is 24.3 Å². The Kier molecular flexibility index (Phi) is 57.3. The predicted octanol–water partition coefficient (Wildman–Crippen LogP) is -4.28. The lowest BCUT2D eigenvalue weighted by Gasteiger charge is -2.52. The monoisotopic (exact) mass is 2140 g/mol. The molecule has 8 heterocycles. The Labute approximate surface area is 863 Å². The molecule has 43 atom stereocenters. The second-order valence-corrected chi connectivity index (χ2v) is 40.2. The maximum absolute atomic E-state index is 13.7. The molecular formula is C99H174N4O45. The molecule has 49 nitrogen and oxygen atoms in total. The molecule has 0 radical (unpaired) electrons. The Morgan fingerprint density at radius 1 is 0.365 bits per heavy atom. The van der Waals surface area contributed by atoms with E-state index in [9.17, 15) is 147 Å². The Morgan fingerprint density at radius 2 is 0.723 bits per heavy atom. The number of rotatable bonds is 66. The molecule has 28 N–H and O–H groups in total. The summed E-state index contributed by atoms with van der Waals surface area (Å²) in [5, 5.41) is 283. The van der Waals surface area contributed by atoms with Crippen LogP contribution in [0.4, 0.5) is 0 Å². The second-order valence-electron chi connectivity index (χ2n) is 40.2. The lowest BCUT2D eigenvalue weighted by atomic mass is 9.88. The predicted molar refractivity (Wildman–Crippen MR) is 514 cm³/mol. The van der Waals surface area contributed by atoms with Crippen molar-refractivity contribution < 1.29 is 222 Å². The quantitative estimate of drug-likeness (QED) is 0.0202. The Morgan fingerprint density at radius 3 is 1.17 bits per heavy atom. The van der Waals surface area contributed by atoms with Crippen molar-refractivity contribution in [1.82, 2.24) is 21.3 Å². The van der Waals surface area contributed by atoms with E-state index < -0.39 is 346 Å². The van der Waals surface area contributed by atoms with Crippen molar-refractivity contribution in [3.8, 4) is 0 Å². The number of unbranched alkanes of at least 4 members (excludes halogenated alkanes) is 28. The summed E-state index contributed by atoms with van der Waals surface area (Å²) in [4.78, 5) is 66.2. The molecule has 0 spiro atoms. The van der Waals surface area contributed by atoms with Crippen molar-refractivity contribution in [2.75, 3.05) is 52.9 Å². The van der Waals surface area contributed by atoms with Gasteiger partial charge in [0.15, 0.2) is 44.0 Å². The number of carbonyl (C=O) groups is 5. The molecule has 0 aliphatic carbocycles. The number of aliphatic hydroxyl groups excluding tert-OH is 23. The Bertz CT molecular complexity index is 3790. The third-order valence-electron chi connectivity index (χ3n) is 28.4. The van der Waals surface area contributed by atoms with E-state index in [4.69, 9.17) is 75.8 Å². The fourth-order valence-corrected chi connectivity index (χ4v) is 19.9. The molecule has 0 aromatic carbocycles. The standard InChI is InChI=1S/C99H174N4O45/c1-7-9-11-13-15-17-19-21-22-23-24-25-26-27-28-30-32-34-36-38-40-42-66(117)103-56(57(114)41-39-37-35-33-31-29-20-18-16-14-12-10-8-2)51-133-93-79(127)77(125)84(64(49-109)140-93)142-95-80(128)89(73(121)60(45-105)135-95)146-92-69(102-55(6)113)87(144-94-78(126)76(124)70(118)52(3)134-94)85(65(50-110)139-92)143-96-81(129)88(72(120)61(46-106)136-96)145-91-68(101-54(5)112)75(123)83(63(48-108)138-91)141-97-82(130)90(74(122)62(47-107)137-97)148-99(98(131)132)43-58(115)67(100-53(4)111)86(147-99)71(119)59(116)44-104/h21-22,39,41,52,56-65,67-97,104-110,114-116,118-130H,7-20,23-38,40,42-51H2,1-6H3,(H,100,111)(H,101,112)(H,102,113)(H,103,117)(H,131,132)/b22-21-,41-39+/t52?,56-,57+,58?,59+,60?,61?,62?,63?,64?,65?,67+,68?,69?,70+,71+,72-,73-,74-,75+,76?,77+,78-,79?,80?,81?,82?,83+,84+,85+,86?,87+,88-,89-,90-,91-,92-,93+,94+,95-,96-,97-,99-/m0/s1. The van der Waals surface area contributed by atoms with Gasteiger partial charge in [0.1, 0.15) is 183 Å². The molecule has 0 bridgehead atoms. The summed E-state index contributed by atoms with van der Waals surface area (Å²) in [6.45, 7) is -0.202. The minimum atomic E-state index is -3.28. The fraction of sp³-hybridized carbons (Fsp3) is 0.909. The van der Waals surface area contributed by atoms with Crippen molar-refractivity contribution in [3.05, 3.63) is 24.3 Å². The highest BCUT2D eigenvalue weighted by molar-refractivity contribution is 5.77. The van der Waals surface area contributed by atoms with Crippen LogP contribution in [0.3, 0.4) is 0 Å². The number of carboxylic acid groups (broad SMARTS) is 1. The number of ether oxygens (including phenoxy) is 16. The van der Waals surface area contributed by atoms with Crippen LogP contribution in [0.2, 0.25) is 0 Å². The van der Waals surface area contributed by atoms with Crippen LogP contribution in [-0.4, -0.2) is 468 Å². The summed E-state index contributed by atoms with van der Waals surface area (Å²) in [5.41, 5.74) is 0. The third kappa shape index (κ3) is 37.2. The maximum Gasteiger partial charge on any atom is 0.364 e. The number of carboxylic acids is 1. The number of aliphatic hydroxyl groups is 23. The SMILES string of the molecule is CCCCCCCC/C=C\CCCCCCCCCCCCCC(=O)N[C@@H](CO[C@@H]1OC(CO)[C@@H](O[C@@H]2OC(CO)[C@H](O)[C@H](O[C@@H]3OC(CO)[C@@H](O[C@@H]4OC(CO)[C@H](O)[C@H](O[C@@H]5OC(CO)[C@@H](O[C@@H]6OC(CO)[C@H](O)[C@H](O[C@]7(C(=O)O)CC(O)[C@@H](NC(C)=O)C([C@H](O)[C@H](O)CO)O7)C6O)[C@H](O)C5NC(C)=O)C4O)[C@H](O[C@H]4OC(C)[C@@H](O)C(O)[C@@H]4O)C3NC(C)=O)C2O)[C@H](O)C1O)[C@H](O)/C=C/CCCCCCCCCCCCC. The molecule has 8 fully saturated rings. The van der Waals surface area contributed by atoms with E-state index in [2.05, 4.69) is 47.3 Å². The van der Waals surface area contributed by atoms with Crippen molar-refractivity contribution in [1.29, 1.82) is 0 Å². The first-order valence-corrected chi connectivity index (χ1v) is 53.1. The molecule has 860 valence electrons. The summed E-state index contributed by atoms with van der Waals surface area (Å²) in [7, 11) is 0. The minimum absolute atomic E-state index is 0.126. The highest BCUT2D eigenvalue weighted by Crippen LogP contribution is 2.43. The van der Waals surface area contributed by atoms with E-state index in [1.54, 1.807) is 6.08 Å². The highest BCUT2D eigenvalue weighted by Gasteiger charge is 2.64. The zero-order chi connectivity index (χ0) is 109. The molecule has 0 aromatic rings. The van der Waals surface area contributed by atoms with Gasteiger partial charge in [-0.1, -0.05) is 192 Å². The van der Waals surface area contributed by atoms with E-state index >= 15 is 0 Å². The van der Waals surface area contributed by atoms with Crippen molar-refractivity contribution in [2.45, 2.75) is 517 Å². The molecular weight excluding hydrogens is 1970 g/mol. The first kappa shape index (κ1) is 128. The smallest absolute Gasteiger partial charge is 0.364 e. The van der Waals surface area contributed by atoms with E-state index in [-0.39, 0.29) is 12.3 Å². The van der Waals surface area contributed by atoms with Crippen LogP contribution in [-0.2, 0) is 99.8 Å². The number of carbonyl (C=O) groups excluding carboxylic acids is 4. The van der Waals surface area contributed by atoms with Gasteiger partial charge in [0.2, 0.25) is 23.6 Å². The molecule has 8 aliphatic heterocycles. The first-order valence-electron chi connectivity index (χ1n) is 53.1. The van der Waals surface area contributed by atoms with Crippen LogP contribution in [0.1, 0.15) is 253 Å². The van der Waals surface area contributed by atoms with Gasteiger partial charge in [-0.15, -0.1) is 0 Å². The third-order valence-corrected chi connectivity index (χ3v) is 28.4. The van der Waals surface area contributed by atoms with E-state index in [1.807, 2.05) is 6.08 Å². The molecule has 49 heteroatoms. The summed E-state index contributed by atoms with van der Waals surface area (Å²) in [6.07, 6.45) is -38.1. The Hall–Kier alpha value is -4.73. The van der Waals surface area contributed by atoms with Gasteiger partial charge in [0.05, 0.1) is 83.3 Å². The van der Waals surface area contributed by atoms with Gasteiger partial charge in [-0.2, -0.15) is 0 Å². The van der Waals surface area contributed by atoms with Crippen molar-refractivity contribution >= 4 is 29.6 Å². The lowest BCUT2D eigenvalue weighted by molar-refractivity contribution is -0.398. The molecule has 0 aromatic heterocycles. The van der Waals surface area contributed by atoms with Crippen molar-refractivity contribution in [2.24, 2.45) is 0 Å². The minimum Gasteiger partial charge on any atom is -0.477 e. The summed E-state index contributed by atoms with van der Waals surface area (Å²) in [6, 6.07) is -6.93. The Balaban J connectivity index is 0.964. The van der Waals surface area contributed by atoms with Gasteiger partial charge in [0.25, 0.3) is 5.79 Å². The van der Waals surface area contributed by atoms with Crippen LogP contribution in [0, 0.1) is 0 Å². The second kappa shape index (κ2) is 66.1. The van der Waals surface area contributed by atoms with Gasteiger partial charge in [-0.25, -0.2) is 4.79 Å². The van der Waals surface area contributed by atoms with E-state index in [1.165, 1.54) is 116 Å². The normalized spacial score (nSPS) is 37.8. The zero-order valence-corrected chi connectivity index (χ0v) is 85.9. The zero-order valence-electron chi connectivity index (χ0n) is 85.9. The maximum atomic E-state index is 13.7. The number of aliphatic carboxylic acids is 1. The lowest BCUT2D eigenvalue weighted by Crippen LogP contribution is -2.72. The molecule has 8 saturated heterocycles. The number of nitrogens with one attached hydrogen (secondary N) is 4. The van der Waals surface area contributed by atoms with Crippen LogP contribution in [0.25, 0.3) is 0 Å².